The lowest BCUT2D eigenvalue weighted by molar-refractivity contribution is -0.149. The highest BCUT2D eigenvalue weighted by atomic mass is 16.5. The number of hydrogen-bond acceptors (Lipinski definition) is 6. The van der Waals surface area contributed by atoms with Gasteiger partial charge in [-0.2, -0.15) is 0 Å². The number of piperidine rings is 1. The second-order valence-corrected chi connectivity index (χ2v) is 7.66. The second kappa shape index (κ2) is 9.96. The van der Waals surface area contributed by atoms with Crippen LogP contribution in [0.15, 0.2) is 18.2 Å². The van der Waals surface area contributed by atoms with Crippen LogP contribution in [0.5, 0.6) is 11.5 Å². The molecule has 160 valence electrons. The summed E-state index contributed by atoms with van der Waals surface area (Å²) in [6.45, 7) is 4.88. The number of amides is 1. The lowest BCUT2D eigenvalue weighted by Crippen LogP contribution is -2.44. The molecule has 1 unspecified atom stereocenters. The van der Waals surface area contributed by atoms with Crippen LogP contribution in [0.1, 0.15) is 44.2 Å². The highest BCUT2D eigenvalue weighted by Gasteiger charge is 2.34. The van der Waals surface area contributed by atoms with Crippen LogP contribution in [0.4, 0.5) is 0 Å². The number of ether oxygens (including phenoxy) is 3. The van der Waals surface area contributed by atoms with E-state index in [1.54, 1.807) is 14.2 Å². The minimum absolute atomic E-state index is 0.00428. The zero-order valence-electron chi connectivity index (χ0n) is 17.7. The van der Waals surface area contributed by atoms with Gasteiger partial charge in [-0.15, -0.1) is 0 Å². The molecule has 2 fully saturated rings. The molecule has 0 N–H and O–H groups in total. The summed E-state index contributed by atoms with van der Waals surface area (Å²) in [5.74, 6) is 1.53. The lowest BCUT2D eigenvalue weighted by atomic mass is 9.97. The third-order valence-electron chi connectivity index (χ3n) is 5.94. The van der Waals surface area contributed by atoms with Crippen LogP contribution in [-0.2, 0) is 14.3 Å². The van der Waals surface area contributed by atoms with E-state index in [0.29, 0.717) is 13.2 Å². The van der Waals surface area contributed by atoms with Gasteiger partial charge in [-0.3, -0.25) is 14.5 Å². The van der Waals surface area contributed by atoms with E-state index in [2.05, 4.69) is 4.90 Å². The van der Waals surface area contributed by atoms with Crippen molar-refractivity contribution in [1.29, 1.82) is 0 Å². The van der Waals surface area contributed by atoms with Gasteiger partial charge in [-0.25, -0.2) is 0 Å². The van der Waals surface area contributed by atoms with E-state index in [-0.39, 0.29) is 23.8 Å². The minimum Gasteiger partial charge on any atom is -0.497 e. The molecule has 7 nitrogen and oxygen atoms in total. The number of esters is 1. The van der Waals surface area contributed by atoms with Gasteiger partial charge < -0.3 is 19.1 Å². The topological polar surface area (TPSA) is 68.3 Å². The van der Waals surface area contributed by atoms with Crippen LogP contribution in [0.25, 0.3) is 0 Å². The normalized spacial score (nSPS) is 20.5. The van der Waals surface area contributed by atoms with Gasteiger partial charge in [0.05, 0.1) is 39.3 Å². The van der Waals surface area contributed by atoms with Crippen molar-refractivity contribution in [2.24, 2.45) is 5.92 Å². The maximum absolute atomic E-state index is 13.1. The number of likely N-dealkylation sites (tertiary alicyclic amines) is 2. The summed E-state index contributed by atoms with van der Waals surface area (Å²) in [7, 11) is 3.29. The van der Waals surface area contributed by atoms with Crippen LogP contribution in [0, 0.1) is 5.92 Å². The van der Waals surface area contributed by atoms with Crippen molar-refractivity contribution >= 4 is 11.9 Å². The van der Waals surface area contributed by atoms with Gasteiger partial charge in [0.15, 0.2) is 0 Å². The first-order valence-electron chi connectivity index (χ1n) is 10.5. The molecule has 0 radical (unpaired) electrons. The summed E-state index contributed by atoms with van der Waals surface area (Å²) < 4.78 is 16.0. The largest absolute Gasteiger partial charge is 0.497 e. The summed E-state index contributed by atoms with van der Waals surface area (Å²) in [6.07, 6.45) is 3.39. The number of carbonyl (C=O) groups is 2. The highest BCUT2D eigenvalue weighted by molar-refractivity contribution is 5.79. The number of carbonyl (C=O) groups excluding carboxylic acids is 2. The molecular formula is C22H32N2O5. The molecule has 2 aliphatic heterocycles. The standard InChI is InChI=1S/C22H32N2O5/c1-4-29-22(26)16-9-12-23(13-10-16)15-21(25)24-11-5-6-19(24)18-14-17(27-2)7-8-20(18)28-3/h7-8,14,16,19H,4-6,9-13,15H2,1-3H3. The molecule has 1 atom stereocenters. The van der Waals surface area contributed by atoms with Gasteiger partial charge in [-0.05, 0) is 63.9 Å². The van der Waals surface area contributed by atoms with Crippen molar-refractivity contribution in [2.45, 2.75) is 38.6 Å². The van der Waals surface area contributed by atoms with Crippen molar-refractivity contribution < 1.29 is 23.8 Å². The Morgan fingerprint density at radius 3 is 2.48 bits per heavy atom. The molecule has 2 aliphatic rings. The van der Waals surface area contributed by atoms with E-state index >= 15 is 0 Å². The zero-order valence-corrected chi connectivity index (χ0v) is 17.7. The Hall–Kier alpha value is -2.28. The molecule has 1 aromatic rings. The van der Waals surface area contributed by atoms with Crippen molar-refractivity contribution in [3.63, 3.8) is 0 Å². The van der Waals surface area contributed by atoms with Gasteiger partial charge >= 0.3 is 5.97 Å². The van der Waals surface area contributed by atoms with Crippen molar-refractivity contribution in [3.8, 4) is 11.5 Å². The monoisotopic (exact) mass is 404 g/mol. The third kappa shape index (κ3) is 5.01. The van der Waals surface area contributed by atoms with Gasteiger partial charge in [0, 0.05) is 12.1 Å². The maximum Gasteiger partial charge on any atom is 0.309 e. The number of benzene rings is 1. The molecule has 0 saturated carbocycles. The van der Waals surface area contributed by atoms with Crippen LogP contribution in [-0.4, -0.2) is 68.7 Å². The predicted molar refractivity (Wildman–Crippen MR) is 109 cm³/mol. The number of hydrogen-bond donors (Lipinski definition) is 0. The Morgan fingerprint density at radius 1 is 1.07 bits per heavy atom. The Morgan fingerprint density at radius 2 is 1.83 bits per heavy atom. The van der Waals surface area contributed by atoms with Gasteiger partial charge in [0.1, 0.15) is 11.5 Å². The quantitative estimate of drug-likeness (QED) is 0.651. The molecule has 3 rings (SSSR count). The molecule has 29 heavy (non-hydrogen) atoms. The average Bonchev–Trinajstić information content (AvgIpc) is 3.24. The number of methoxy groups -OCH3 is 2. The fourth-order valence-electron chi connectivity index (χ4n) is 4.36. The van der Waals surface area contributed by atoms with E-state index in [9.17, 15) is 9.59 Å². The fourth-order valence-corrected chi connectivity index (χ4v) is 4.36. The van der Waals surface area contributed by atoms with E-state index in [1.807, 2.05) is 30.0 Å². The average molecular weight is 405 g/mol. The second-order valence-electron chi connectivity index (χ2n) is 7.66. The molecule has 2 saturated heterocycles. The Bertz CT molecular complexity index is 715. The smallest absolute Gasteiger partial charge is 0.309 e. The van der Waals surface area contributed by atoms with Crippen molar-refractivity contribution in [1.82, 2.24) is 9.80 Å². The van der Waals surface area contributed by atoms with Gasteiger partial charge in [0.25, 0.3) is 0 Å². The van der Waals surface area contributed by atoms with Crippen LogP contribution in [0.2, 0.25) is 0 Å². The molecule has 1 amide bonds. The molecule has 0 bridgehead atoms. The summed E-state index contributed by atoms with van der Waals surface area (Å²) in [6, 6.07) is 5.75. The molecule has 0 aromatic heterocycles. The lowest BCUT2D eigenvalue weighted by Gasteiger charge is -2.33. The first-order chi connectivity index (χ1) is 14.1. The first kappa shape index (κ1) is 21.4. The number of rotatable bonds is 7. The zero-order chi connectivity index (χ0) is 20.8. The Labute approximate surface area is 172 Å². The summed E-state index contributed by atoms with van der Waals surface area (Å²) in [5.41, 5.74) is 0.999. The van der Waals surface area contributed by atoms with E-state index < -0.39 is 0 Å². The Kier molecular flexibility index (Phi) is 7.36. The molecule has 2 heterocycles. The molecular weight excluding hydrogens is 372 g/mol. The van der Waals surface area contributed by atoms with E-state index in [4.69, 9.17) is 14.2 Å². The minimum atomic E-state index is -0.108. The Balaban J connectivity index is 1.62. The third-order valence-corrected chi connectivity index (χ3v) is 5.94. The van der Waals surface area contributed by atoms with Crippen molar-refractivity contribution in [2.75, 3.05) is 47.0 Å². The fraction of sp³-hybridized carbons (Fsp3) is 0.636. The highest BCUT2D eigenvalue weighted by Crippen LogP contribution is 2.39. The van der Waals surface area contributed by atoms with E-state index in [0.717, 1.165) is 62.4 Å². The molecule has 0 spiro atoms. The molecule has 7 heteroatoms. The van der Waals surface area contributed by atoms with Gasteiger partial charge in [0.2, 0.25) is 5.91 Å². The number of nitrogens with zero attached hydrogens (tertiary/aromatic N) is 2. The van der Waals surface area contributed by atoms with Crippen LogP contribution in [0.3, 0.4) is 0 Å². The van der Waals surface area contributed by atoms with Crippen LogP contribution < -0.4 is 9.47 Å². The van der Waals surface area contributed by atoms with E-state index in [1.165, 1.54) is 0 Å². The predicted octanol–water partition coefficient (Wildman–Crippen LogP) is 2.64. The molecule has 0 aliphatic carbocycles. The molecule has 1 aromatic carbocycles. The first-order valence-corrected chi connectivity index (χ1v) is 10.5. The summed E-state index contributed by atoms with van der Waals surface area (Å²) in [4.78, 5) is 29.1. The van der Waals surface area contributed by atoms with Gasteiger partial charge in [-0.1, -0.05) is 0 Å². The summed E-state index contributed by atoms with van der Waals surface area (Å²) in [5, 5.41) is 0. The van der Waals surface area contributed by atoms with Crippen LogP contribution >= 0.6 is 0 Å². The SMILES string of the molecule is CCOC(=O)C1CCN(CC(=O)N2CCCC2c2cc(OC)ccc2OC)CC1. The summed E-state index contributed by atoms with van der Waals surface area (Å²) >= 11 is 0. The maximum atomic E-state index is 13.1. The van der Waals surface area contributed by atoms with Crippen molar-refractivity contribution in [3.05, 3.63) is 23.8 Å².